The van der Waals surface area contributed by atoms with Crippen LogP contribution in [-0.2, 0) is 16.0 Å². The van der Waals surface area contributed by atoms with Crippen LogP contribution < -0.4 is 0 Å². The Labute approximate surface area is 124 Å². The molecule has 1 atom stereocenters. The van der Waals surface area contributed by atoms with Crippen LogP contribution >= 0.6 is 0 Å². The van der Waals surface area contributed by atoms with Crippen molar-refractivity contribution in [3.05, 3.63) is 47.7 Å². The van der Waals surface area contributed by atoms with E-state index >= 15 is 0 Å². The normalized spacial score (nSPS) is 12.5. The van der Waals surface area contributed by atoms with Crippen LogP contribution in [0.5, 0.6) is 0 Å². The Morgan fingerprint density at radius 1 is 1.38 bits per heavy atom. The largest absolute Gasteiger partial charge is 0.467 e. The number of carbonyl (C=O) groups excluding carboxylic acids is 1. The number of nitrogens with zero attached hydrogens (tertiary/aromatic N) is 1. The summed E-state index contributed by atoms with van der Waals surface area (Å²) in [4.78, 5) is 19.4. The summed E-state index contributed by atoms with van der Waals surface area (Å²) in [5.74, 6) is -0.321. The van der Waals surface area contributed by atoms with Crippen molar-refractivity contribution in [1.82, 2.24) is 4.98 Å². The second-order valence-electron chi connectivity index (χ2n) is 5.14. The quantitative estimate of drug-likeness (QED) is 0.676. The number of hydrogen-bond acceptors (Lipinski definition) is 3. The van der Waals surface area contributed by atoms with Gasteiger partial charge in [-0.1, -0.05) is 23.8 Å². The molecule has 1 N–H and O–H groups in total. The molecule has 0 saturated carbocycles. The van der Waals surface area contributed by atoms with Crippen LogP contribution in [0.2, 0.25) is 0 Å². The number of fused-ring (bicyclic) bond motifs is 1. The third kappa shape index (κ3) is 3.81. The molecule has 1 aromatic carbocycles. The molecule has 0 amide bonds. The Morgan fingerprint density at radius 3 is 2.86 bits per heavy atom. The maximum Gasteiger partial charge on any atom is 0.330 e. The molecule has 21 heavy (non-hydrogen) atoms. The molecule has 1 unspecified atom stereocenters. The molecule has 0 aliphatic carbocycles. The molecule has 4 nitrogen and oxygen atoms in total. The van der Waals surface area contributed by atoms with Gasteiger partial charge in [0, 0.05) is 29.7 Å². The van der Waals surface area contributed by atoms with Crippen LogP contribution in [0.15, 0.2) is 47.1 Å². The number of rotatable bonds is 5. The van der Waals surface area contributed by atoms with Gasteiger partial charge in [-0.2, -0.15) is 0 Å². The molecule has 0 radical (unpaired) electrons. The van der Waals surface area contributed by atoms with Crippen LogP contribution in [-0.4, -0.2) is 30.3 Å². The van der Waals surface area contributed by atoms with Crippen molar-refractivity contribution in [3.8, 4) is 0 Å². The molecule has 110 valence electrons. The summed E-state index contributed by atoms with van der Waals surface area (Å²) in [6.07, 6.45) is 6.00. The fourth-order valence-corrected chi connectivity index (χ4v) is 2.14. The smallest absolute Gasteiger partial charge is 0.330 e. The van der Waals surface area contributed by atoms with E-state index in [9.17, 15) is 4.79 Å². The number of esters is 1. The Kier molecular flexibility index (Phi) is 4.93. The molecule has 4 heteroatoms. The topological polar surface area (TPSA) is 54.5 Å². The number of hydrogen-bond donors (Lipinski definition) is 1. The molecular weight excluding hydrogens is 264 g/mol. The van der Waals surface area contributed by atoms with Crippen molar-refractivity contribution in [2.45, 2.75) is 26.3 Å². The highest BCUT2D eigenvalue weighted by atomic mass is 16.5. The second kappa shape index (κ2) is 6.88. The third-order valence-corrected chi connectivity index (χ3v) is 3.24. The number of aliphatic imine (C=N–C) groups is 1. The van der Waals surface area contributed by atoms with Crippen molar-refractivity contribution in [3.63, 3.8) is 0 Å². The average molecular weight is 284 g/mol. The lowest BCUT2D eigenvalue weighted by Crippen LogP contribution is -2.22. The summed E-state index contributed by atoms with van der Waals surface area (Å²) in [5.41, 5.74) is 3.26. The lowest BCUT2D eigenvalue weighted by molar-refractivity contribution is -0.142. The van der Waals surface area contributed by atoms with Crippen LogP contribution in [0.4, 0.5) is 0 Å². The summed E-state index contributed by atoms with van der Waals surface area (Å²) in [5, 5.41) is 1.11. The van der Waals surface area contributed by atoms with Gasteiger partial charge in [-0.15, -0.1) is 0 Å². The van der Waals surface area contributed by atoms with Gasteiger partial charge >= 0.3 is 5.97 Å². The fourth-order valence-electron chi connectivity index (χ4n) is 2.14. The number of aromatic nitrogens is 1. The molecule has 0 bridgehead atoms. The number of aromatic amines is 1. The van der Waals surface area contributed by atoms with Gasteiger partial charge in [-0.25, -0.2) is 4.79 Å². The minimum atomic E-state index is -0.523. The van der Waals surface area contributed by atoms with E-state index in [2.05, 4.69) is 9.98 Å². The van der Waals surface area contributed by atoms with Gasteiger partial charge in [-0.05, 0) is 31.6 Å². The maximum atomic E-state index is 11.9. The van der Waals surface area contributed by atoms with Gasteiger partial charge < -0.3 is 9.72 Å². The zero-order chi connectivity index (χ0) is 15.2. The zero-order valence-electron chi connectivity index (χ0n) is 12.6. The predicted molar refractivity (Wildman–Crippen MR) is 85.7 cm³/mol. The van der Waals surface area contributed by atoms with Gasteiger partial charge in [0.05, 0.1) is 7.11 Å². The van der Waals surface area contributed by atoms with Crippen molar-refractivity contribution in [2.24, 2.45) is 4.99 Å². The summed E-state index contributed by atoms with van der Waals surface area (Å²) >= 11 is 0. The van der Waals surface area contributed by atoms with Gasteiger partial charge in [0.2, 0.25) is 0 Å². The number of para-hydroxylation sites is 1. The first-order chi connectivity index (χ1) is 10.1. The van der Waals surface area contributed by atoms with E-state index in [1.165, 1.54) is 7.11 Å². The lowest BCUT2D eigenvalue weighted by Gasteiger charge is -2.09. The lowest BCUT2D eigenvalue weighted by atomic mass is 10.1. The van der Waals surface area contributed by atoms with Crippen molar-refractivity contribution in [1.29, 1.82) is 0 Å². The van der Waals surface area contributed by atoms with Gasteiger partial charge in [-0.3, -0.25) is 4.99 Å². The first kappa shape index (κ1) is 15.0. The van der Waals surface area contributed by atoms with Gasteiger partial charge in [0.15, 0.2) is 6.04 Å². The highest BCUT2D eigenvalue weighted by Crippen LogP contribution is 2.20. The van der Waals surface area contributed by atoms with E-state index in [-0.39, 0.29) is 5.97 Å². The Balaban J connectivity index is 2.24. The highest BCUT2D eigenvalue weighted by molar-refractivity contribution is 5.85. The maximum absolute atomic E-state index is 11.9. The van der Waals surface area contributed by atoms with Crippen molar-refractivity contribution >= 4 is 23.1 Å². The Hall–Kier alpha value is -2.36. The minimum absolute atomic E-state index is 0.321. The van der Waals surface area contributed by atoms with Gasteiger partial charge in [0.25, 0.3) is 0 Å². The molecule has 0 spiro atoms. The molecule has 0 saturated heterocycles. The number of methoxy groups -OCH3 is 1. The number of H-pyrrole nitrogens is 1. The number of ether oxygens (including phenoxy) is 1. The molecule has 0 aliphatic rings. The first-order valence-electron chi connectivity index (χ1n) is 6.91. The number of benzene rings is 1. The zero-order valence-corrected chi connectivity index (χ0v) is 12.6. The SMILES string of the molecule is COC(=O)C(Cc1c[nH]c2ccccc12)N=CC=C(C)C. The average Bonchev–Trinajstić information content (AvgIpc) is 2.88. The predicted octanol–water partition coefficient (Wildman–Crippen LogP) is 3.29. The molecule has 0 fully saturated rings. The fraction of sp³-hybridized carbons (Fsp3) is 0.294. The number of allylic oxidation sites excluding steroid dienone is 2. The monoisotopic (exact) mass is 284 g/mol. The molecular formula is C17H20N2O2. The summed E-state index contributed by atoms with van der Waals surface area (Å²) in [7, 11) is 1.39. The van der Waals surface area contributed by atoms with Crippen molar-refractivity contribution in [2.75, 3.05) is 7.11 Å². The Morgan fingerprint density at radius 2 is 2.14 bits per heavy atom. The summed E-state index contributed by atoms with van der Waals surface area (Å²) < 4.78 is 4.85. The van der Waals surface area contributed by atoms with E-state index in [1.54, 1.807) is 6.21 Å². The van der Waals surface area contributed by atoms with Gasteiger partial charge in [0.1, 0.15) is 0 Å². The molecule has 1 aromatic heterocycles. The summed E-state index contributed by atoms with van der Waals surface area (Å²) in [6, 6.07) is 7.49. The van der Waals surface area contributed by atoms with Crippen LogP contribution in [0.25, 0.3) is 10.9 Å². The van der Waals surface area contributed by atoms with Crippen LogP contribution in [0.3, 0.4) is 0 Å². The summed E-state index contributed by atoms with van der Waals surface area (Å²) in [6.45, 7) is 3.97. The number of carbonyl (C=O) groups is 1. The number of nitrogens with one attached hydrogen (secondary N) is 1. The van der Waals surface area contributed by atoms with E-state index in [0.717, 1.165) is 22.0 Å². The highest BCUT2D eigenvalue weighted by Gasteiger charge is 2.19. The second-order valence-corrected chi connectivity index (χ2v) is 5.14. The van der Waals surface area contributed by atoms with E-state index in [1.807, 2.05) is 50.4 Å². The van der Waals surface area contributed by atoms with E-state index < -0.39 is 6.04 Å². The molecule has 1 heterocycles. The third-order valence-electron chi connectivity index (χ3n) is 3.24. The van der Waals surface area contributed by atoms with Crippen LogP contribution in [0, 0.1) is 0 Å². The molecule has 2 aromatic rings. The minimum Gasteiger partial charge on any atom is -0.467 e. The Bertz CT molecular complexity index is 679. The first-order valence-corrected chi connectivity index (χ1v) is 6.91. The van der Waals surface area contributed by atoms with Crippen molar-refractivity contribution < 1.29 is 9.53 Å². The molecule has 0 aliphatic heterocycles. The van der Waals surface area contributed by atoms with E-state index in [4.69, 9.17) is 4.74 Å². The van der Waals surface area contributed by atoms with Crippen LogP contribution in [0.1, 0.15) is 19.4 Å². The molecule has 2 rings (SSSR count). The standard InChI is InChI=1S/C17H20N2O2/c1-12(2)8-9-18-16(17(20)21-3)10-13-11-19-15-7-5-4-6-14(13)15/h4-9,11,16,19H,10H2,1-3H3. The van der Waals surface area contributed by atoms with E-state index in [0.29, 0.717) is 6.42 Å².